The molecule has 0 amide bonds. The largest absolute Gasteiger partial charge is 0.463 e. The number of hydrazone groups is 1. The van der Waals surface area contributed by atoms with Gasteiger partial charge in [-0.05, 0) is 56.8 Å². The third-order valence-electron chi connectivity index (χ3n) is 2.83. The van der Waals surface area contributed by atoms with E-state index in [4.69, 9.17) is 16.6 Å². The van der Waals surface area contributed by atoms with Crippen molar-refractivity contribution in [1.29, 1.82) is 0 Å². The molecule has 2 aromatic rings. The summed E-state index contributed by atoms with van der Waals surface area (Å²) < 4.78 is 5.24. The van der Waals surface area contributed by atoms with E-state index in [0.717, 1.165) is 17.0 Å². The van der Waals surface area contributed by atoms with Crippen molar-refractivity contribution in [2.45, 2.75) is 20.8 Å². The van der Waals surface area contributed by atoms with Crippen LogP contribution < -0.4 is 10.7 Å². The van der Waals surface area contributed by atoms with Crippen molar-refractivity contribution in [3.63, 3.8) is 0 Å². The molecule has 0 saturated carbocycles. The SMILES string of the molecule is C/C(=N\NC(=S)Nc1ccc(C)cc1C)c1ccco1. The Kier molecular flexibility index (Phi) is 4.53. The average Bonchev–Trinajstić information content (AvgIpc) is 2.93. The minimum Gasteiger partial charge on any atom is -0.463 e. The van der Waals surface area contributed by atoms with Crippen LogP contribution in [0.1, 0.15) is 23.8 Å². The molecule has 4 nitrogen and oxygen atoms in total. The highest BCUT2D eigenvalue weighted by molar-refractivity contribution is 7.80. The van der Waals surface area contributed by atoms with E-state index in [2.05, 4.69) is 28.8 Å². The Morgan fingerprint density at radius 3 is 2.70 bits per heavy atom. The van der Waals surface area contributed by atoms with Gasteiger partial charge in [-0.3, -0.25) is 5.43 Å². The van der Waals surface area contributed by atoms with E-state index in [1.54, 1.807) is 6.26 Å². The molecule has 2 N–H and O–H groups in total. The molecule has 0 atom stereocenters. The van der Waals surface area contributed by atoms with Crippen LogP contribution in [0.4, 0.5) is 5.69 Å². The van der Waals surface area contributed by atoms with Crippen LogP contribution in [-0.4, -0.2) is 10.8 Å². The normalized spacial score (nSPS) is 11.2. The number of anilines is 1. The summed E-state index contributed by atoms with van der Waals surface area (Å²) in [5.74, 6) is 0.715. The van der Waals surface area contributed by atoms with Gasteiger partial charge in [-0.25, -0.2) is 0 Å². The first-order valence-electron chi connectivity index (χ1n) is 6.28. The second-order valence-corrected chi connectivity index (χ2v) is 4.97. The molecule has 0 fully saturated rings. The molecule has 0 radical (unpaired) electrons. The van der Waals surface area contributed by atoms with Gasteiger partial charge >= 0.3 is 0 Å². The van der Waals surface area contributed by atoms with Crippen LogP contribution in [0, 0.1) is 13.8 Å². The minimum atomic E-state index is 0.447. The zero-order valence-electron chi connectivity index (χ0n) is 11.7. The van der Waals surface area contributed by atoms with Gasteiger partial charge in [0.25, 0.3) is 0 Å². The monoisotopic (exact) mass is 287 g/mol. The Labute approximate surface area is 123 Å². The van der Waals surface area contributed by atoms with Gasteiger partial charge < -0.3 is 9.73 Å². The molecule has 1 aromatic carbocycles. The fourth-order valence-electron chi connectivity index (χ4n) is 1.78. The highest BCUT2D eigenvalue weighted by atomic mass is 32.1. The third kappa shape index (κ3) is 3.68. The third-order valence-corrected chi connectivity index (χ3v) is 3.03. The molecule has 20 heavy (non-hydrogen) atoms. The number of nitrogens with zero attached hydrogens (tertiary/aromatic N) is 1. The van der Waals surface area contributed by atoms with E-state index in [0.29, 0.717) is 10.9 Å². The highest BCUT2D eigenvalue weighted by Gasteiger charge is 2.02. The Morgan fingerprint density at radius 1 is 1.25 bits per heavy atom. The lowest BCUT2D eigenvalue weighted by Crippen LogP contribution is -2.25. The van der Waals surface area contributed by atoms with Crippen LogP contribution in [0.3, 0.4) is 0 Å². The lowest BCUT2D eigenvalue weighted by Gasteiger charge is -2.10. The first-order valence-corrected chi connectivity index (χ1v) is 6.69. The van der Waals surface area contributed by atoms with Gasteiger partial charge in [0.05, 0.1) is 6.26 Å². The maximum Gasteiger partial charge on any atom is 0.191 e. The molecule has 0 aliphatic heterocycles. The number of hydrogen-bond acceptors (Lipinski definition) is 3. The fourth-order valence-corrected chi connectivity index (χ4v) is 1.93. The number of hydrogen-bond donors (Lipinski definition) is 2. The lowest BCUT2D eigenvalue weighted by atomic mass is 10.1. The summed E-state index contributed by atoms with van der Waals surface area (Å²) in [5, 5.41) is 7.75. The molecule has 5 heteroatoms. The molecule has 2 rings (SSSR count). The summed E-state index contributed by atoms with van der Waals surface area (Å²) in [6, 6.07) is 9.81. The first-order chi connectivity index (χ1) is 9.56. The van der Waals surface area contributed by atoms with Crippen LogP contribution in [0.5, 0.6) is 0 Å². The quantitative estimate of drug-likeness (QED) is 0.514. The molecule has 0 aliphatic carbocycles. The van der Waals surface area contributed by atoms with Crippen molar-refractivity contribution in [2.75, 3.05) is 5.32 Å². The number of aryl methyl sites for hydroxylation is 2. The van der Waals surface area contributed by atoms with E-state index < -0.39 is 0 Å². The van der Waals surface area contributed by atoms with Crippen LogP contribution in [0.25, 0.3) is 0 Å². The zero-order chi connectivity index (χ0) is 14.5. The predicted octanol–water partition coefficient (Wildman–Crippen LogP) is 3.61. The van der Waals surface area contributed by atoms with Crippen molar-refractivity contribution in [1.82, 2.24) is 5.43 Å². The summed E-state index contributed by atoms with van der Waals surface area (Å²) in [5.41, 5.74) is 6.88. The van der Waals surface area contributed by atoms with Crippen LogP contribution in [0.2, 0.25) is 0 Å². The molecule has 1 aromatic heterocycles. The maximum atomic E-state index is 5.24. The van der Waals surface area contributed by atoms with Gasteiger partial charge in [0.2, 0.25) is 0 Å². The topological polar surface area (TPSA) is 49.6 Å². The van der Waals surface area contributed by atoms with Crippen LogP contribution in [-0.2, 0) is 0 Å². The summed E-state index contributed by atoms with van der Waals surface area (Å²) in [6.07, 6.45) is 1.61. The van der Waals surface area contributed by atoms with Gasteiger partial charge in [0, 0.05) is 5.69 Å². The molecule has 0 bridgehead atoms. The zero-order valence-corrected chi connectivity index (χ0v) is 12.5. The number of benzene rings is 1. The fraction of sp³-hybridized carbons (Fsp3) is 0.200. The van der Waals surface area contributed by atoms with Crippen LogP contribution >= 0.6 is 12.2 Å². The molecule has 1 heterocycles. The smallest absolute Gasteiger partial charge is 0.191 e. The van der Waals surface area contributed by atoms with E-state index in [1.807, 2.05) is 38.1 Å². The summed E-state index contributed by atoms with van der Waals surface area (Å²) in [4.78, 5) is 0. The minimum absolute atomic E-state index is 0.447. The molecule has 0 unspecified atom stereocenters. The molecule has 0 spiro atoms. The molecule has 0 saturated heterocycles. The van der Waals surface area contributed by atoms with Gasteiger partial charge in [-0.2, -0.15) is 5.10 Å². The second kappa shape index (κ2) is 6.34. The van der Waals surface area contributed by atoms with E-state index in [9.17, 15) is 0 Å². The molecular formula is C15H17N3OS. The van der Waals surface area contributed by atoms with Crippen molar-refractivity contribution < 1.29 is 4.42 Å². The number of rotatable bonds is 3. The van der Waals surface area contributed by atoms with E-state index in [1.165, 1.54) is 5.56 Å². The summed E-state index contributed by atoms with van der Waals surface area (Å²) in [7, 11) is 0. The predicted molar refractivity (Wildman–Crippen MR) is 86.2 cm³/mol. The van der Waals surface area contributed by atoms with Gasteiger partial charge in [0.15, 0.2) is 5.11 Å². The second-order valence-electron chi connectivity index (χ2n) is 4.56. The average molecular weight is 287 g/mol. The van der Waals surface area contributed by atoms with Crippen LogP contribution in [0.15, 0.2) is 46.1 Å². The van der Waals surface area contributed by atoms with Crippen molar-refractivity contribution >= 4 is 28.7 Å². The standard InChI is InChI=1S/C15H17N3OS/c1-10-6-7-13(11(2)9-10)16-15(20)18-17-12(3)14-5-4-8-19-14/h4-9H,1-3H3,(H2,16,18,20)/b17-12+. The first kappa shape index (κ1) is 14.3. The lowest BCUT2D eigenvalue weighted by molar-refractivity contribution is 0.556. The molecule has 104 valence electrons. The number of furan rings is 1. The highest BCUT2D eigenvalue weighted by Crippen LogP contribution is 2.15. The Hall–Kier alpha value is -2.14. The van der Waals surface area contributed by atoms with Gasteiger partial charge in [-0.1, -0.05) is 17.7 Å². The maximum absolute atomic E-state index is 5.24. The van der Waals surface area contributed by atoms with Crippen molar-refractivity contribution in [2.24, 2.45) is 5.10 Å². The summed E-state index contributed by atoms with van der Waals surface area (Å²) in [6.45, 7) is 5.95. The number of thiocarbonyl (C=S) groups is 1. The number of nitrogens with one attached hydrogen (secondary N) is 2. The van der Waals surface area contributed by atoms with Gasteiger partial charge in [-0.15, -0.1) is 0 Å². The van der Waals surface area contributed by atoms with Gasteiger partial charge in [0.1, 0.15) is 11.5 Å². The van der Waals surface area contributed by atoms with E-state index in [-0.39, 0.29) is 0 Å². The van der Waals surface area contributed by atoms with Crippen molar-refractivity contribution in [3.05, 3.63) is 53.5 Å². The van der Waals surface area contributed by atoms with E-state index >= 15 is 0 Å². The molecular weight excluding hydrogens is 270 g/mol. The Morgan fingerprint density at radius 2 is 2.05 bits per heavy atom. The van der Waals surface area contributed by atoms with Crippen molar-refractivity contribution in [3.8, 4) is 0 Å². The Balaban J connectivity index is 1.97. The summed E-state index contributed by atoms with van der Waals surface area (Å²) >= 11 is 5.22. The Bertz CT molecular complexity index is 633. The molecule has 0 aliphatic rings.